The number of allylic oxidation sites excluding steroid dienone is 2. The van der Waals surface area contributed by atoms with Gasteiger partial charge in [-0.25, -0.2) is 9.59 Å². The zero-order valence-electron chi connectivity index (χ0n) is 14.4. The molecule has 1 aliphatic heterocycles. The van der Waals surface area contributed by atoms with Gasteiger partial charge >= 0.3 is 12.0 Å². The van der Waals surface area contributed by atoms with Gasteiger partial charge in [-0.2, -0.15) is 0 Å². The van der Waals surface area contributed by atoms with E-state index in [4.69, 9.17) is 4.74 Å². The number of nitrogens with one attached hydrogen (secondary N) is 2. The summed E-state index contributed by atoms with van der Waals surface area (Å²) in [6.07, 6.45) is 3.57. The molecule has 24 heavy (non-hydrogen) atoms. The SMILES string of the molecule is CC=CCOC(=O)C1=C(C)NC(=O)NC1c1ccc(N(C)C)cc1. The summed E-state index contributed by atoms with van der Waals surface area (Å²) in [6.45, 7) is 3.76. The van der Waals surface area contributed by atoms with E-state index in [1.54, 1.807) is 13.0 Å². The van der Waals surface area contributed by atoms with Gasteiger partial charge in [0.15, 0.2) is 0 Å². The number of urea groups is 1. The molecule has 2 rings (SSSR count). The van der Waals surface area contributed by atoms with E-state index in [0.717, 1.165) is 11.3 Å². The number of rotatable bonds is 5. The summed E-state index contributed by atoms with van der Waals surface area (Å²) in [5.74, 6) is -0.445. The van der Waals surface area contributed by atoms with Crippen LogP contribution in [0, 0.1) is 0 Å². The number of anilines is 1. The summed E-state index contributed by atoms with van der Waals surface area (Å²) in [6, 6.07) is 6.83. The van der Waals surface area contributed by atoms with Crippen LogP contribution < -0.4 is 15.5 Å². The Labute approximate surface area is 142 Å². The van der Waals surface area contributed by atoms with Crippen molar-refractivity contribution in [2.24, 2.45) is 0 Å². The first-order chi connectivity index (χ1) is 11.4. The molecule has 1 aliphatic rings. The molecule has 0 radical (unpaired) electrons. The summed E-state index contributed by atoms with van der Waals surface area (Å²) < 4.78 is 5.26. The molecule has 1 heterocycles. The monoisotopic (exact) mass is 329 g/mol. The summed E-state index contributed by atoms with van der Waals surface area (Å²) in [7, 11) is 3.91. The highest BCUT2D eigenvalue weighted by atomic mass is 16.5. The first-order valence-electron chi connectivity index (χ1n) is 7.78. The summed E-state index contributed by atoms with van der Waals surface area (Å²) in [4.78, 5) is 26.3. The summed E-state index contributed by atoms with van der Waals surface area (Å²) >= 11 is 0. The minimum Gasteiger partial charge on any atom is -0.458 e. The van der Waals surface area contributed by atoms with E-state index in [2.05, 4.69) is 10.6 Å². The summed E-state index contributed by atoms with van der Waals surface area (Å²) in [5, 5.41) is 5.43. The van der Waals surface area contributed by atoms with Gasteiger partial charge in [0.05, 0.1) is 11.6 Å². The van der Waals surface area contributed by atoms with E-state index >= 15 is 0 Å². The average molecular weight is 329 g/mol. The van der Waals surface area contributed by atoms with Gasteiger partial charge in [-0.1, -0.05) is 24.3 Å². The predicted molar refractivity (Wildman–Crippen MR) is 93.7 cm³/mol. The number of esters is 1. The second-order valence-corrected chi connectivity index (χ2v) is 5.72. The van der Waals surface area contributed by atoms with Crippen molar-refractivity contribution >= 4 is 17.7 Å². The molecule has 0 saturated heterocycles. The smallest absolute Gasteiger partial charge is 0.338 e. The Balaban J connectivity index is 2.31. The molecule has 0 aliphatic carbocycles. The van der Waals surface area contributed by atoms with Gasteiger partial charge in [0.2, 0.25) is 0 Å². The molecule has 1 aromatic carbocycles. The minimum absolute atomic E-state index is 0.201. The van der Waals surface area contributed by atoms with Crippen LogP contribution >= 0.6 is 0 Å². The van der Waals surface area contributed by atoms with E-state index in [9.17, 15) is 9.59 Å². The van der Waals surface area contributed by atoms with E-state index < -0.39 is 12.0 Å². The van der Waals surface area contributed by atoms with Crippen LogP contribution in [0.15, 0.2) is 47.7 Å². The lowest BCUT2D eigenvalue weighted by Crippen LogP contribution is -2.45. The molecule has 2 N–H and O–H groups in total. The van der Waals surface area contributed by atoms with Crippen molar-refractivity contribution in [1.29, 1.82) is 0 Å². The Morgan fingerprint density at radius 3 is 2.54 bits per heavy atom. The van der Waals surface area contributed by atoms with E-state index in [0.29, 0.717) is 11.3 Å². The Morgan fingerprint density at radius 2 is 1.96 bits per heavy atom. The highest BCUT2D eigenvalue weighted by Crippen LogP contribution is 2.28. The Kier molecular flexibility index (Phi) is 5.63. The maximum absolute atomic E-state index is 12.4. The zero-order chi connectivity index (χ0) is 17.7. The number of benzene rings is 1. The van der Waals surface area contributed by atoms with Crippen LogP contribution in [0.2, 0.25) is 0 Å². The second-order valence-electron chi connectivity index (χ2n) is 5.72. The number of amides is 2. The number of ether oxygens (including phenoxy) is 1. The highest BCUT2D eigenvalue weighted by Gasteiger charge is 2.32. The van der Waals surface area contributed by atoms with E-state index in [1.165, 1.54) is 0 Å². The zero-order valence-corrected chi connectivity index (χ0v) is 14.4. The standard InChI is InChI=1S/C18H23N3O3/c1-5-6-11-24-17(22)15-12(2)19-18(23)20-16(15)13-7-9-14(10-8-13)21(3)4/h5-10,16H,11H2,1-4H3,(H2,19,20,23). The lowest BCUT2D eigenvalue weighted by atomic mass is 9.95. The topological polar surface area (TPSA) is 70.7 Å². The molecule has 128 valence electrons. The van der Waals surface area contributed by atoms with Crippen LogP contribution in [0.25, 0.3) is 0 Å². The van der Waals surface area contributed by atoms with Gasteiger partial charge in [-0.05, 0) is 31.5 Å². The maximum Gasteiger partial charge on any atom is 0.338 e. The maximum atomic E-state index is 12.4. The van der Waals surface area contributed by atoms with E-state index in [-0.39, 0.29) is 12.6 Å². The number of carbonyl (C=O) groups excluding carboxylic acids is 2. The van der Waals surface area contributed by atoms with Crippen LogP contribution in [0.5, 0.6) is 0 Å². The number of carbonyl (C=O) groups is 2. The van der Waals surface area contributed by atoms with E-state index in [1.807, 2.05) is 56.3 Å². The Hall–Kier alpha value is -2.76. The number of hydrogen-bond donors (Lipinski definition) is 2. The number of hydrogen-bond acceptors (Lipinski definition) is 4. The second kappa shape index (κ2) is 7.68. The largest absolute Gasteiger partial charge is 0.458 e. The normalized spacial score (nSPS) is 17.5. The first-order valence-corrected chi connectivity index (χ1v) is 7.78. The third kappa shape index (κ3) is 3.95. The van der Waals surface area contributed by atoms with Gasteiger partial charge in [-0.3, -0.25) is 0 Å². The molecule has 1 unspecified atom stereocenters. The molecule has 6 heteroatoms. The highest BCUT2D eigenvalue weighted by molar-refractivity contribution is 5.95. The van der Waals surface area contributed by atoms with Crippen LogP contribution in [0.3, 0.4) is 0 Å². The van der Waals surface area contributed by atoms with Crippen molar-refractivity contribution in [3.63, 3.8) is 0 Å². The van der Waals surface area contributed by atoms with Crippen molar-refractivity contribution in [2.45, 2.75) is 19.9 Å². The van der Waals surface area contributed by atoms with Crippen molar-refractivity contribution in [3.05, 3.63) is 53.3 Å². The third-order valence-corrected chi connectivity index (χ3v) is 3.78. The van der Waals surface area contributed by atoms with Gasteiger partial charge < -0.3 is 20.3 Å². The molecule has 0 spiro atoms. The Morgan fingerprint density at radius 1 is 1.29 bits per heavy atom. The molecular formula is C18H23N3O3. The number of nitrogens with zero attached hydrogens (tertiary/aromatic N) is 1. The lowest BCUT2D eigenvalue weighted by Gasteiger charge is -2.28. The van der Waals surface area contributed by atoms with Gasteiger partial charge in [0.25, 0.3) is 0 Å². The molecule has 2 amide bonds. The van der Waals surface area contributed by atoms with Gasteiger partial charge in [0, 0.05) is 25.5 Å². The van der Waals surface area contributed by atoms with Crippen molar-refractivity contribution in [1.82, 2.24) is 10.6 Å². The van der Waals surface area contributed by atoms with Crippen LogP contribution in [-0.2, 0) is 9.53 Å². The molecule has 1 atom stereocenters. The average Bonchev–Trinajstić information content (AvgIpc) is 2.54. The van der Waals surface area contributed by atoms with Gasteiger partial charge in [0.1, 0.15) is 6.61 Å². The quantitative estimate of drug-likeness (QED) is 0.643. The van der Waals surface area contributed by atoms with Crippen LogP contribution in [-0.4, -0.2) is 32.7 Å². The molecule has 0 bridgehead atoms. The molecule has 0 fully saturated rings. The molecule has 6 nitrogen and oxygen atoms in total. The molecule has 1 aromatic rings. The molecule has 0 aromatic heterocycles. The van der Waals surface area contributed by atoms with Crippen molar-refractivity contribution in [2.75, 3.05) is 25.6 Å². The third-order valence-electron chi connectivity index (χ3n) is 3.78. The minimum atomic E-state index is -0.534. The fourth-order valence-electron chi connectivity index (χ4n) is 2.48. The predicted octanol–water partition coefficient (Wildman–Crippen LogP) is 2.50. The van der Waals surface area contributed by atoms with Crippen molar-refractivity contribution < 1.29 is 14.3 Å². The fraction of sp³-hybridized carbons (Fsp3) is 0.333. The molecular weight excluding hydrogens is 306 g/mol. The fourth-order valence-corrected chi connectivity index (χ4v) is 2.48. The Bertz CT molecular complexity index is 675. The van der Waals surface area contributed by atoms with Crippen LogP contribution in [0.1, 0.15) is 25.5 Å². The summed E-state index contributed by atoms with van der Waals surface area (Å²) in [5.41, 5.74) is 2.78. The first kappa shape index (κ1) is 17.6. The van der Waals surface area contributed by atoms with Crippen LogP contribution in [0.4, 0.5) is 10.5 Å². The van der Waals surface area contributed by atoms with Gasteiger partial charge in [-0.15, -0.1) is 0 Å². The molecule has 0 saturated carbocycles. The van der Waals surface area contributed by atoms with Crippen molar-refractivity contribution in [3.8, 4) is 0 Å². The lowest BCUT2D eigenvalue weighted by molar-refractivity contribution is -0.138.